The van der Waals surface area contributed by atoms with Gasteiger partial charge in [0.25, 0.3) is 16.8 Å². The average Bonchev–Trinajstić information content (AvgIpc) is 3.08. The van der Waals surface area contributed by atoms with Crippen molar-refractivity contribution in [1.82, 2.24) is 10.2 Å². The summed E-state index contributed by atoms with van der Waals surface area (Å²) in [5.74, 6) is 0.903. The number of non-ortho nitro benzene ring substituents is 1. The van der Waals surface area contributed by atoms with E-state index in [0.717, 1.165) is 11.8 Å². The smallest absolute Gasteiger partial charge is 0.284 e. The van der Waals surface area contributed by atoms with Crippen LogP contribution in [0.2, 0.25) is 0 Å². The van der Waals surface area contributed by atoms with Gasteiger partial charge in [-0.3, -0.25) is 14.9 Å². The molecule has 9 heteroatoms. The van der Waals surface area contributed by atoms with Crippen LogP contribution in [0.4, 0.5) is 5.69 Å². The van der Waals surface area contributed by atoms with Gasteiger partial charge in [0, 0.05) is 29.5 Å². The van der Waals surface area contributed by atoms with E-state index < -0.39 is 4.92 Å². The largest absolute Gasteiger partial charge is 0.484 e. The number of hydrogen-bond acceptors (Lipinski definition) is 8. The maximum absolute atomic E-state index is 12.1. The van der Waals surface area contributed by atoms with Gasteiger partial charge in [0.2, 0.25) is 5.12 Å². The van der Waals surface area contributed by atoms with E-state index in [4.69, 9.17) is 9.15 Å². The Kier molecular flexibility index (Phi) is 5.05. The Balaban J connectivity index is 1.58. The van der Waals surface area contributed by atoms with Gasteiger partial charge in [-0.05, 0) is 24.3 Å². The molecule has 2 aromatic carbocycles. The quantitative estimate of drug-likeness (QED) is 0.375. The number of nitrogens with zero attached hydrogens (tertiary/aromatic N) is 3. The number of hydrogen-bond donors (Lipinski definition) is 0. The second kappa shape index (κ2) is 7.58. The van der Waals surface area contributed by atoms with Crippen molar-refractivity contribution in [3.63, 3.8) is 0 Å². The van der Waals surface area contributed by atoms with Crippen LogP contribution in [0.3, 0.4) is 0 Å². The molecule has 0 fully saturated rings. The predicted octanol–water partition coefficient (Wildman–Crippen LogP) is 3.49. The molecule has 3 aromatic rings. The van der Waals surface area contributed by atoms with Gasteiger partial charge in [-0.15, -0.1) is 10.2 Å². The molecule has 0 saturated heterocycles. The summed E-state index contributed by atoms with van der Waals surface area (Å²) in [5.41, 5.74) is 0.218. The van der Waals surface area contributed by atoms with Gasteiger partial charge < -0.3 is 9.15 Å². The summed E-state index contributed by atoms with van der Waals surface area (Å²) in [6.07, 6.45) is 0. The van der Waals surface area contributed by atoms with Crippen LogP contribution in [0, 0.1) is 10.1 Å². The number of aromatic nitrogens is 2. The van der Waals surface area contributed by atoms with Gasteiger partial charge in [0.05, 0.1) is 4.92 Å². The monoisotopic (exact) mass is 357 g/mol. The number of rotatable bonds is 6. The third-order valence-corrected chi connectivity index (χ3v) is 3.81. The Morgan fingerprint density at radius 3 is 2.52 bits per heavy atom. The number of benzene rings is 2. The van der Waals surface area contributed by atoms with Crippen molar-refractivity contribution in [2.75, 3.05) is 0 Å². The molecule has 1 heterocycles. The van der Waals surface area contributed by atoms with E-state index in [-0.39, 0.29) is 28.5 Å². The highest BCUT2D eigenvalue weighted by Gasteiger charge is 2.15. The highest BCUT2D eigenvalue weighted by molar-refractivity contribution is 8.14. The van der Waals surface area contributed by atoms with Crippen molar-refractivity contribution in [2.45, 2.75) is 11.8 Å². The fourth-order valence-electron chi connectivity index (χ4n) is 1.86. The van der Waals surface area contributed by atoms with Crippen molar-refractivity contribution in [3.8, 4) is 5.75 Å². The van der Waals surface area contributed by atoms with E-state index in [1.54, 1.807) is 12.1 Å². The minimum absolute atomic E-state index is 0.0787. The van der Waals surface area contributed by atoms with Crippen LogP contribution in [-0.4, -0.2) is 20.2 Å². The molecule has 0 aliphatic heterocycles. The van der Waals surface area contributed by atoms with Gasteiger partial charge in [-0.25, -0.2) is 0 Å². The molecule has 1 aromatic heterocycles. The summed E-state index contributed by atoms with van der Waals surface area (Å²) in [5, 5.41) is 17.9. The van der Waals surface area contributed by atoms with E-state index >= 15 is 0 Å². The van der Waals surface area contributed by atoms with E-state index in [1.165, 1.54) is 24.3 Å². The lowest BCUT2D eigenvalue weighted by molar-refractivity contribution is -0.384. The topological polar surface area (TPSA) is 108 Å². The molecule has 25 heavy (non-hydrogen) atoms. The SMILES string of the molecule is O=C(Sc1nnc(COc2ccccc2)o1)c1ccc([N+](=O)[O-])cc1. The van der Waals surface area contributed by atoms with E-state index in [1.807, 2.05) is 18.2 Å². The van der Waals surface area contributed by atoms with Crippen LogP contribution in [0.1, 0.15) is 16.2 Å². The minimum Gasteiger partial charge on any atom is -0.484 e. The van der Waals surface area contributed by atoms with Gasteiger partial charge in [-0.1, -0.05) is 18.2 Å². The molecule has 0 aliphatic rings. The maximum Gasteiger partial charge on any atom is 0.284 e. The number of para-hydroxylation sites is 1. The number of nitro benzene ring substituents is 1. The van der Waals surface area contributed by atoms with Gasteiger partial charge in [0.15, 0.2) is 6.61 Å². The molecule has 0 amide bonds. The van der Waals surface area contributed by atoms with Crippen LogP contribution in [0.25, 0.3) is 0 Å². The molecule has 8 nitrogen and oxygen atoms in total. The zero-order valence-electron chi connectivity index (χ0n) is 12.7. The first kappa shape index (κ1) is 16.7. The zero-order chi connectivity index (χ0) is 17.6. The first-order valence-electron chi connectivity index (χ1n) is 7.08. The Labute approximate surface area is 146 Å². The van der Waals surface area contributed by atoms with Gasteiger partial charge >= 0.3 is 0 Å². The highest BCUT2D eigenvalue weighted by atomic mass is 32.2. The fourth-order valence-corrected chi connectivity index (χ4v) is 2.49. The zero-order valence-corrected chi connectivity index (χ0v) is 13.5. The minimum atomic E-state index is -0.529. The Morgan fingerprint density at radius 1 is 1.12 bits per heavy atom. The lowest BCUT2D eigenvalue weighted by Crippen LogP contribution is -1.95. The molecule has 126 valence electrons. The van der Waals surface area contributed by atoms with Crippen LogP contribution < -0.4 is 4.74 Å². The average molecular weight is 357 g/mol. The van der Waals surface area contributed by atoms with Crippen LogP contribution in [-0.2, 0) is 6.61 Å². The second-order valence-corrected chi connectivity index (χ2v) is 5.68. The summed E-state index contributed by atoms with van der Waals surface area (Å²) in [6, 6.07) is 14.4. The van der Waals surface area contributed by atoms with Crippen LogP contribution >= 0.6 is 11.8 Å². The van der Waals surface area contributed by atoms with Crippen molar-refractivity contribution < 1.29 is 18.9 Å². The van der Waals surface area contributed by atoms with E-state index in [0.29, 0.717) is 11.3 Å². The maximum atomic E-state index is 12.1. The summed E-state index contributed by atoms with van der Waals surface area (Å²) in [4.78, 5) is 22.2. The molecular weight excluding hydrogens is 346 g/mol. The molecule has 0 radical (unpaired) electrons. The number of carbonyl (C=O) groups is 1. The molecule has 3 rings (SSSR count). The number of nitro groups is 1. The molecule has 0 aliphatic carbocycles. The predicted molar refractivity (Wildman–Crippen MR) is 88.4 cm³/mol. The van der Waals surface area contributed by atoms with Crippen molar-refractivity contribution >= 4 is 22.6 Å². The second-order valence-electron chi connectivity index (χ2n) is 4.76. The lowest BCUT2D eigenvalue weighted by Gasteiger charge is -2.01. The fraction of sp³-hybridized carbons (Fsp3) is 0.0625. The Bertz CT molecular complexity index is 880. The molecule has 0 N–H and O–H groups in total. The van der Waals surface area contributed by atoms with E-state index in [2.05, 4.69) is 10.2 Å². The Hall–Kier alpha value is -3.20. The number of thioether (sulfide) groups is 1. The van der Waals surface area contributed by atoms with Gasteiger partial charge in [0.1, 0.15) is 5.75 Å². The third kappa shape index (κ3) is 4.42. The van der Waals surface area contributed by atoms with Crippen molar-refractivity contribution in [1.29, 1.82) is 0 Å². The highest BCUT2D eigenvalue weighted by Crippen LogP contribution is 2.23. The molecule has 0 unspecified atom stereocenters. The standard InChI is InChI=1S/C16H11N3O5S/c20-15(11-6-8-12(9-7-11)19(21)22)25-16-18-17-14(24-16)10-23-13-4-2-1-3-5-13/h1-9H,10H2. The normalized spacial score (nSPS) is 10.4. The molecular formula is C16H11N3O5S. The molecule has 0 spiro atoms. The molecule has 0 bridgehead atoms. The third-order valence-electron chi connectivity index (χ3n) is 3.05. The molecule has 0 atom stereocenters. The van der Waals surface area contributed by atoms with Crippen LogP contribution in [0.5, 0.6) is 5.75 Å². The molecule has 0 saturated carbocycles. The van der Waals surface area contributed by atoms with E-state index in [9.17, 15) is 14.9 Å². The first-order valence-corrected chi connectivity index (χ1v) is 7.90. The van der Waals surface area contributed by atoms with Crippen LogP contribution in [0.15, 0.2) is 64.2 Å². The van der Waals surface area contributed by atoms with Gasteiger partial charge in [-0.2, -0.15) is 0 Å². The summed E-state index contributed by atoms with van der Waals surface area (Å²) >= 11 is 0.749. The van der Waals surface area contributed by atoms with Crippen molar-refractivity contribution in [2.24, 2.45) is 0 Å². The Morgan fingerprint density at radius 2 is 1.84 bits per heavy atom. The lowest BCUT2D eigenvalue weighted by atomic mass is 10.2. The number of ether oxygens (including phenoxy) is 1. The summed E-state index contributed by atoms with van der Waals surface area (Å²) < 4.78 is 10.8. The number of carbonyl (C=O) groups excluding carboxylic acids is 1. The first-order chi connectivity index (χ1) is 12.1. The summed E-state index contributed by atoms with van der Waals surface area (Å²) in [6.45, 7) is 0.0866. The van der Waals surface area contributed by atoms with Crippen molar-refractivity contribution in [3.05, 3.63) is 76.2 Å². The summed E-state index contributed by atoms with van der Waals surface area (Å²) in [7, 11) is 0.